The van der Waals surface area contributed by atoms with Gasteiger partial charge in [-0.25, -0.2) is 0 Å². The van der Waals surface area contributed by atoms with Crippen molar-refractivity contribution in [3.63, 3.8) is 0 Å². The lowest BCUT2D eigenvalue weighted by atomic mass is 10.1. The van der Waals surface area contributed by atoms with Crippen LogP contribution in [0.15, 0.2) is 66.2 Å². The van der Waals surface area contributed by atoms with Crippen molar-refractivity contribution in [1.82, 2.24) is 0 Å². The number of carbonyl (C=O) groups excluding carboxylic acids is 2. The van der Waals surface area contributed by atoms with Gasteiger partial charge in [-0.05, 0) is 61.4 Å². The van der Waals surface area contributed by atoms with Crippen LogP contribution >= 0.6 is 23.2 Å². The molecule has 2 N–H and O–H groups in total. The molecular weight excluding hydrogens is 473 g/mol. The van der Waals surface area contributed by atoms with Crippen LogP contribution in [-0.2, 0) is 9.59 Å². The Morgan fingerprint density at radius 3 is 2.41 bits per heavy atom. The van der Waals surface area contributed by atoms with Gasteiger partial charge in [-0.1, -0.05) is 59.1 Å². The zero-order valence-electron chi connectivity index (χ0n) is 18.5. The number of aryl methyl sites for hydroxylation is 2. The molecule has 3 rings (SSSR count). The van der Waals surface area contributed by atoms with Crippen molar-refractivity contribution in [3.8, 4) is 11.8 Å². The Kier molecular flexibility index (Phi) is 8.31. The summed E-state index contributed by atoms with van der Waals surface area (Å²) in [7, 11) is 0. The van der Waals surface area contributed by atoms with E-state index in [1.54, 1.807) is 42.5 Å². The molecule has 8 heteroatoms. The number of halogens is 2. The van der Waals surface area contributed by atoms with E-state index in [0.29, 0.717) is 27.7 Å². The van der Waals surface area contributed by atoms with Gasteiger partial charge in [-0.15, -0.1) is 0 Å². The summed E-state index contributed by atoms with van der Waals surface area (Å²) in [5.41, 5.74) is 3.56. The molecule has 0 aliphatic carbocycles. The Morgan fingerprint density at radius 1 is 0.971 bits per heavy atom. The first-order chi connectivity index (χ1) is 16.3. The van der Waals surface area contributed by atoms with Gasteiger partial charge in [0.25, 0.3) is 11.8 Å². The third kappa shape index (κ3) is 6.61. The summed E-state index contributed by atoms with van der Waals surface area (Å²) in [6, 6.07) is 19.1. The first kappa shape index (κ1) is 24.8. The lowest BCUT2D eigenvalue weighted by molar-refractivity contribution is -0.118. The zero-order valence-corrected chi connectivity index (χ0v) is 20.0. The second kappa shape index (κ2) is 11.4. The molecule has 6 nitrogen and oxygen atoms in total. The van der Waals surface area contributed by atoms with Crippen LogP contribution in [0.2, 0.25) is 10.0 Å². The Balaban J connectivity index is 1.64. The predicted molar refractivity (Wildman–Crippen MR) is 135 cm³/mol. The summed E-state index contributed by atoms with van der Waals surface area (Å²) in [6.45, 7) is 3.66. The fourth-order valence-corrected chi connectivity index (χ4v) is 3.50. The summed E-state index contributed by atoms with van der Waals surface area (Å²) in [5.74, 6) is -0.626. The van der Waals surface area contributed by atoms with E-state index in [9.17, 15) is 14.9 Å². The molecule has 0 aliphatic heterocycles. The fraction of sp³-hybridized carbons (Fsp3) is 0.115. The number of amides is 2. The molecule has 0 saturated heterocycles. The smallest absolute Gasteiger partial charge is 0.266 e. The quantitative estimate of drug-likeness (QED) is 0.304. The molecule has 0 bridgehead atoms. The van der Waals surface area contributed by atoms with Crippen molar-refractivity contribution < 1.29 is 14.3 Å². The van der Waals surface area contributed by atoms with E-state index in [1.807, 2.05) is 38.1 Å². The lowest BCUT2D eigenvalue weighted by Crippen LogP contribution is -2.20. The van der Waals surface area contributed by atoms with E-state index in [1.165, 1.54) is 6.08 Å². The Bertz CT molecular complexity index is 1310. The molecule has 0 fully saturated rings. The molecule has 2 amide bonds. The molecule has 0 heterocycles. The van der Waals surface area contributed by atoms with E-state index in [4.69, 9.17) is 27.9 Å². The average Bonchev–Trinajstić information content (AvgIpc) is 2.80. The van der Waals surface area contributed by atoms with Gasteiger partial charge in [0.2, 0.25) is 0 Å². The maximum absolute atomic E-state index is 12.5. The molecule has 0 aromatic heterocycles. The average molecular weight is 494 g/mol. The predicted octanol–water partition coefficient (Wildman–Crippen LogP) is 6.17. The fourth-order valence-electron chi connectivity index (χ4n) is 3.07. The zero-order chi connectivity index (χ0) is 24.7. The third-order valence-corrected chi connectivity index (χ3v) is 5.39. The first-order valence-corrected chi connectivity index (χ1v) is 11.0. The number of benzene rings is 3. The van der Waals surface area contributed by atoms with Gasteiger partial charge in [0, 0.05) is 5.69 Å². The molecule has 0 spiro atoms. The Morgan fingerprint density at radius 2 is 1.74 bits per heavy atom. The van der Waals surface area contributed by atoms with Crippen molar-refractivity contribution in [2.24, 2.45) is 0 Å². The second-order valence-electron chi connectivity index (χ2n) is 7.45. The minimum Gasteiger partial charge on any atom is -0.482 e. The van der Waals surface area contributed by atoms with Gasteiger partial charge in [0.1, 0.15) is 17.4 Å². The van der Waals surface area contributed by atoms with E-state index < -0.39 is 5.91 Å². The highest BCUT2D eigenvalue weighted by Gasteiger charge is 2.13. The van der Waals surface area contributed by atoms with Crippen molar-refractivity contribution >= 4 is 52.5 Å². The summed E-state index contributed by atoms with van der Waals surface area (Å²) in [5, 5.41) is 15.4. The summed E-state index contributed by atoms with van der Waals surface area (Å²) in [4.78, 5) is 24.7. The van der Waals surface area contributed by atoms with E-state index in [0.717, 1.165) is 11.1 Å². The molecule has 0 unspecified atom stereocenters. The molecule has 3 aromatic carbocycles. The molecule has 34 heavy (non-hydrogen) atoms. The minimum absolute atomic E-state index is 0.127. The van der Waals surface area contributed by atoms with Gasteiger partial charge in [0.15, 0.2) is 6.61 Å². The number of nitrogens with one attached hydrogen (secondary N) is 2. The highest BCUT2D eigenvalue weighted by Crippen LogP contribution is 2.27. The van der Waals surface area contributed by atoms with E-state index in [2.05, 4.69) is 10.6 Å². The van der Waals surface area contributed by atoms with Gasteiger partial charge < -0.3 is 15.4 Å². The third-order valence-electron chi connectivity index (χ3n) is 4.77. The molecule has 172 valence electrons. The summed E-state index contributed by atoms with van der Waals surface area (Å²) in [6.07, 6.45) is 1.40. The van der Waals surface area contributed by atoms with Gasteiger partial charge in [-0.3, -0.25) is 9.59 Å². The van der Waals surface area contributed by atoms with Crippen LogP contribution < -0.4 is 15.4 Å². The standard InChI is InChI=1S/C26H21Cl2N3O3/c1-16-7-9-22(17(2)11-16)30-25(32)15-34-24-10-8-18(13-21(24)28)12-19(14-29)26(33)31-23-6-4-3-5-20(23)27/h3-13H,15H2,1-2H3,(H,30,32)(H,31,33)/b19-12+. The number of anilines is 2. The van der Waals surface area contributed by atoms with Crippen LogP contribution in [0.5, 0.6) is 5.75 Å². The second-order valence-corrected chi connectivity index (χ2v) is 8.26. The Labute approximate surface area is 207 Å². The number of ether oxygens (including phenoxy) is 1. The number of carbonyl (C=O) groups is 2. The monoisotopic (exact) mass is 493 g/mol. The summed E-state index contributed by atoms with van der Waals surface area (Å²) >= 11 is 12.3. The van der Waals surface area contributed by atoms with Crippen LogP contribution in [0.25, 0.3) is 6.08 Å². The lowest BCUT2D eigenvalue weighted by Gasteiger charge is -2.11. The van der Waals surface area contributed by atoms with Gasteiger partial charge in [-0.2, -0.15) is 5.26 Å². The normalized spacial score (nSPS) is 10.9. The SMILES string of the molecule is Cc1ccc(NC(=O)COc2ccc(/C=C(\C#N)C(=O)Nc3ccccc3Cl)cc2Cl)c(C)c1. The van der Waals surface area contributed by atoms with Gasteiger partial charge >= 0.3 is 0 Å². The highest BCUT2D eigenvalue weighted by atomic mass is 35.5. The number of hydrogen-bond donors (Lipinski definition) is 2. The maximum atomic E-state index is 12.5. The number of hydrogen-bond acceptors (Lipinski definition) is 4. The molecule has 0 atom stereocenters. The van der Waals surface area contributed by atoms with Crippen LogP contribution in [0.3, 0.4) is 0 Å². The molecule has 3 aromatic rings. The number of rotatable bonds is 7. The van der Waals surface area contributed by atoms with E-state index >= 15 is 0 Å². The van der Waals surface area contributed by atoms with Crippen LogP contribution in [0.4, 0.5) is 11.4 Å². The minimum atomic E-state index is -0.602. The molecule has 0 aliphatic rings. The largest absolute Gasteiger partial charge is 0.482 e. The molecular formula is C26H21Cl2N3O3. The van der Waals surface area contributed by atoms with E-state index in [-0.39, 0.29) is 23.1 Å². The first-order valence-electron chi connectivity index (χ1n) is 10.2. The molecule has 0 radical (unpaired) electrons. The topological polar surface area (TPSA) is 91.2 Å². The maximum Gasteiger partial charge on any atom is 0.266 e. The number of nitriles is 1. The van der Waals surface area contributed by atoms with Crippen molar-refractivity contribution in [3.05, 3.63) is 93.0 Å². The van der Waals surface area contributed by atoms with Crippen molar-refractivity contribution in [2.75, 3.05) is 17.2 Å². The van der Waals surface area contributed by atoms with Crippen LogP contribution in [0.1, 0.15) is 16.7 Å². The van der Waals surface area contributed by atoms with Crippen molar-refractivity contribution in [1.29, 1.82) is 5.26 Å². The van der Waals surface area contributed by atoms with Crippen molar-refractivity contribution in [2.45, 2.75) is 13.8 Å². The highest BCUT2D eigenvalue weighted by molar-refractivity contribution is 6.34. The molecule has 0 saturated carbocycles. The van der Waals surface area contributed by atoms with Crippen LogP contribution in [0, 0.1) is 25.2 Å². The van der Waals surface area contributed by atoms with Gasteiger partial charge in [0.05, 0.1) is 15.7 Å². The summed E-state index contributed by atoms with van der Waals surface area (Å²) < 4.78 is 5.54. The number of para-hydroxylation sites is 1. The number of nitrogens with zero attached hydrogens (tertiary/aromatic N) is 1. The van der Waals surface area contributed by atoms with Crippen LogP contribution in [-0.4, -0.2) is 18.4 Å². The Hall–Kier alpha value is -3.79.